The molecule has 0 atom stereocenters. The van der Waals surface area contributed by atoms with Crippen LogP contribution in [0.1, 0.15) is 0 Å². The molecule has 0 fully saturated rings. The van der Waals surface area contributed by atoms with Gasteiger partial charge in [-0.15, -0.1) is 0 Å². The van der Waals surface area contributed by atoms with Crippen LogP contribution in [0.4, 0.5) is 35.1 Å². The van der Waals surface area contributed by atoms with Crippen LogP contribution in [-0.4, -0.2) is 23.2 Å². The first-order valence-electron chi connectivity index (χ1n) is 2.97. The van der Waals surface area contributed by atoms with Crippen molar-refractivity contribution in [2.24, 2.45) is 0 Å². The lowest BCUT2D eigenvalue weighted by Crippen LogP contribution is -2.56. The SMILES string of the molecule is FC(F)(Br)OC(F)(F)C(F)(F)C(F)(F)OBr. The van der Waals surface area contributed by atoms with Crippen LogP contribution in [0.5, 0.6) is 0 Å². The zero-order chi connectivity index (χ0) is 13.4. The predicted molar refractivity (Wildman–Crippen MR) is 39.8 cm³/mol. The Morgan fingerprint density at radius 1 is 0.750 bits per heavy atom. The highest BCUT2D eigenvalue weighted by Gasteiger charge is 2.76. The molecule has 0 bridgehead atoms. The van der Waals surface area contributed by atoms with E-state index in [1.807, 2.05) is 0 Å². The van der Waals surface area contributed by atoms with Gasteiger partial charge >= 0.3 is 23.2 Å². The Kier molecular flexibility index (Phi) is 4.63. The van der Waals surface area contributed by atoms with Crippen molar-refractivity contribution >= 4 is 32.2 Å². The van der Waals surface area contributed by atoms with Crippen LogP contribution in [0.15, 0.2) is 0 Å². The minimum Gasteiger partial charge on any atom is -0.241 e. The fourth-order valence-corrected chi connectivity index (χ4v) is 0.834. The molecule has 0 radical (unpaired) electrons. The molecule has 0 saturated carbocycles. The number of ether oxygens (including phenoxy) is 1. The highest BCUT2D eigenvalue weighted by Crippen LogP contribution is 2.50. The third kappa shape index (κ3) is 3.40. The van der Waals surface area contributed by atoms with Crippen molar-refractivity contribution in [2.45, 2.75) is 23.2 Å². The largest absolute Gasteiger partial charge is 0.439 e. The third-order valence-corrected chi connectivity index (χ3v) is 1.64. The number of rotatable bonds is 5. The van der Waals surface area contributed by atoms with E-state index >= 15 is 0 Å². The van der Waals surface area contributed by atoms with Crippen molar-refractivity contribution in [3.05, 3.63) is 0 Å². The summed E-state index contributed by atoms with van der Waals surface area (Å²) in [7, 11) is 0. The lowest BCUT2D eigenvalue weighted by molar-refractivity contribution is -0.459. The predicted octanol–water partition coefficient (Wildman–Crippen LogP) is 4.10. The first-order valence-corrected chi connectivity index (χ1v) is 4.41. The van der Waals surface area contributed by atoms with Gasteiger partial charge in [0.1, 0.15) is 16.3 Å². The third-order valence-electron chi connectivity index (χ3n) is 1.07. The van der Waals surface area contributed by atoms with E-state index in [1.54, 1.807) is 0 Å². The Hall–Kier alpha value is 0.320. The van der Waals surface area contributed by atoms with Crippen LogP contribution in [0.25, 0.3) is 0 Å². The molecule has 2 nitrogen and oxygen atoms in total. The van der Waals surface area contributed by atoms with E-state index in [0.717, 1.165) is 15.9 Å². The maximum absolute atomic E-state index is 12.4. The molecule has 98 valence electrons. The second-order valence-electron chi connectivity index (χ2n) is 2.23. The standard InChI is InChI=1S/C4Br2F8O2/c5-4(13,14)15-2(9,10)1(7,8)3(11,12)16-6. The monoisotopic (exact) mass is 390 g/mol. The number of alkyl halides is 9. The summed E-state index contributed by atoms with van der Waals surface area (Å²) < 4.78 is 102. The van der Waals surface area contributed by atoms with Gasteiger partial charge in [-0.25, -0.2) is 8.57 Å². The van der Waals surface area contributed by atoms with Gasteiger partial charge in [0.2, 0.25) is 0 Å². The summed E-state index contributed by atoms with van der Waals surface area (Å²) in [4.78, 5) is 0. The van der Waals surface area contributed by atoms with E-state index in [-0.39, 0.29) is 0 Å². The van der Waals surface area contributed by atoms with Gasteiger partial charge in [0, 0.05) is 15.9 Å². The minimum atomic E-state index is -6.32. The normalized spacial score (nSPS) is 15.4. The Labute approximate surface area is 99.4 Å². The second kappa shape index (κ2) is 4.53. The van der Waals surface area contributed by atoms with Crippen LogP contribution in [0.2, 0.25) is 0 Å². The topological polar surface area (TPSA) is 18.5 Å². The van der Waals surface area contributed by atoms with Crippen molar-refractivity contribution in [1.82, 2.24) is 0 Å². The van der Waals surface area contributed by atoms with Crippen LogP contribution in [0, 0.1) is 0 Å². The van der Waals surface area contributed by atoms with Gasteiger partial charge < -0.3 is 0 Å². The van der Waals surface area contributed by atoms with E-state index in [9.17, 15) is 35.1 Å². The maximum Gasteiger partial charge on any atom is 0.439 e. The second-order valence-corrected chi connectivity index (χ2v) is 3.48. The van der Waals surface area contributed by atoms with Crippen molar-refractivity contribution in [3.8, 4) is 0 Å². The Bertz CT molecular complexity index is 251. The first kappa shape index (κ1) is 16.3. The summed E-state index contributed by atoms with van der Waals surface area (Å²) in [5, 5.41) is -4.91. The summed E-state index contributed by atoms with van der Waals surface area (Å²) >= 11 is 2.49. The molecule has 0 spiro atoms. The molecule has 0 aliphatic carbocycles. The maximum atomic E-state index is 12.4. The van der Waals surface area contributed by atoms with Gasteiger partial charge in [0.05, 0.1) is 0 Å². The summed E-state index contributed by atoms with van der Waals surface area (Å²) in [6.45, 7) is 0. The molecule has 0 aliphatic rings. The minimum absolute atomic E-state index is 1.13. The number of hydrogen-bond donors (Lipinski definition) is 0. The van der Waals surface area contributed by atoms with Crippen LogP contribution in [0.3, 0.4) is 0 Å². The lowest BCUT2D eigenvalue weighted by Gasteiger charge is -2.30. The van der Waals surface area contributed by atoms with Crippen LogP contribution in [-0.2, 0) is 8.57 Å². The van der Waals surface area contributed by atoms with E-state index in [1.165, 1.54) is 16.3 Å². The van der Waals surface area contributed by atoms with E-state index in [0.29, 0.717) is 0 Å². The smallest absolute Gasteiger partial charge is 0.241 e. The van der Waals surface area contributed by atoms with Gasteiger partial charge in [0.25, 0.3) is 0 Å². The summed E-state index contributed by atoms with van der Waals surface area (Å²) in [5.74, 6) is -6.32. The lowest BCUT2D eigenvalue weighted by atomic mass is 10.3. The Morgan fingerprint density at radius 2 is 1.12 bits per heavy atom. The molecule has 0 heterocycles. The molecule has 0 unspecified atom stereocenters. The van der Waals surface area contributed by atoms with Gasteiger partial charge in [-0.2, -0.15) is 35.1 Å². The molecular formula is C4Br2F8O2. The quantitative estimate of drug-likeness (QED) is 0.519. The van der Waals surface area contributed by atoms with Crippen molar-refractivity contribution < 1.29 is 43.7 Å². The average molecular weight is 392 g/mol. The summed E-state index contributed by atoms with van der Waals surface area (Å²) in [6, 6.07) is 0. The van der Waals surface area contributed by atoms with Gasteiger partial charge in [-0.1, -0.05) is 0 Å². The number of hydrogen-bond acceptors (Lipinski definition) is 2. The van der Waals surface area contributed by atoms with Crippen molar-refractivity contribution in [3.63, 3.8) is 0 Å². The van der Waals surface area contributed by atoms with Gasteiger partial charge in [-0.3, -0.25) is 0 Å². The summed E-state index contributed by atoms with van der Waals surface area (Å²) in [6.07, 6.45) is -11.9. The molecule has 12 heteroatoms. The molecule has 0 N–H and O–H groups in total. The van der Waals surface area contributed by atoms with Crippen molar-refractivity contribution in [2.75, 3.05) is 0 Å². The molecule has 16 heavy (non-hydrogen) atoms. The first-order chi connectivity index (χ1) is 6.77. The zero-order valence-electron chi connectivity index (χ0n) is 6.60. The molecule has 0 aromatic carbocycles. The molecule has 0 rings (SSSR count). The van der Waals surface area contributed by atoms with Gasteiger partial charge in [0.15, 0.2) is 0 Å². The van der Waals surface area contributed by atoms with Crippen molar-refractivity contribution in [1.29, 1.82) is 0 Å². The molecule has 0 saturated heterocycles. The molecule has 0 amide bonds. The van der Waals surface area contributed by atoms with E-state index < -0.39 is 23.2 Å². The highest BCUT2D eigenvalue weighted by atomic mass is 79.9. The fraction of sp³-hybridized carbons (Fsp3) is 1.00. The van der Waals surface area contributed by atoms with Crippen LogP contribution >= 0.6 is 32.2 Å². The van der Waals surface area contributed by atoms with E-state index in [4.69, 9.17) is 0 Å². The van der Waals surface area contributed by atoms with E-state index in [2.05, 4.69) is 8.57 Å². The molecule has 0 aromatic rings. The Balaban J connectivity index is 5.14. The molecule has 0 aromatic heterocycles. The zero-order valence-corrected chi connectivity index (χ0v) is 9.77. The Morgan fingerprint density at radius 3 is 1.38 bits per heavy atom. The molecular weight excluding hydrogens is 392 g/mol. The summed E-state index contributed by atoms with van der Waals surface area (Å²) in [5.41, 5.74) is 0. The van der Waals surface area contributed by atoms with Gasteiger partial charge in [-0.05, 0) is 0 Å². The average Bonchev–Trinajstić information content (AvgIpc) is 1.99. The fourth-order valence-electron chi connectivity index (χ4n) is 0.427. The highest BCUT2D eigenvalue weighted by molar-refractivity contribution is 9.09. The molecule has 0 aliphatic heterocycles. The van der Waals surface area contributed by atoms with Crippen LogP contribution < -0.4 is 0 Å². The number of halogens is 10.